The highest BCUT2D eigenvalue weighted by Crippen LogP contribution is 2.37. The molecule has 1 atom stereocenters. The Morgan fingerprint density at radius 2 is 2.33 bits per heavy atom. The summed E-state index contributed by atoms with van der Waals surface area (Å²) in [6.45, 7) is 2.11. The maximum Gasteiger partial charge on any atom is 0.323 e. The van der Waals surface area contributed by atoms with Crippen LogP contribution in [0.5, 0.6) is 5.88 Å². The van der Waals surface area contributed by atoms with Crippen LogP contribution in [0.4, 0.5) is 10.6 Å². The SMILES string of the molecule is CCc1nc2c(s1)[C@@H](N(C)C(=O)Nc1cc(OC)ncn1)CCC2. The number of nitrogens with zero attached hydrogens (tertiary/aromatic N) is 4. The van der Waals surface area contributed by atoms with Crippen LogP contribution < -0.4 is 10.1 Å². The minimum Gasteiger partial charge on any atom is -0.481 e. The summed E-state index contributed by atoms with van der Waals surface area (Å²) < 4.78 is 5.05. The number of methoxy groups -OCH3 is 1. The van der Waals surface area contributed by atoms with Crippen LogP contribution in [0.25, 0.3) is 0 Å². The third kappa shape index (κ3) is 3.33. The number of ether oxygens (including phenoxy) is 1. The highest BCUT2D eigenvalue weighted by atomic mass is 32.1. The fourth-order valence-corrected chi connectivity index (χ4v) is 4.06. The van der Waals surface area contributed by atoms with Crippen molar-refractivity contribution >= 4 is 23.2 Å². The van der Waals surface area contributed by atoms with E-state index in [-0.39, 0.29) is 12.1 Å². The molecule has 3 rings (SSSR count). The molecule has 128 valence electrons. The molecule has 0 unspecified atom stereocenters. The number of hydrogen-bond acceptors (Lipinski definition) is 6. The van der Waals surface area contributed by atoms with Crippen LogP contribution in [0.3, 0.4) is 0 Å². The largest absolute Gasteiger partial charge is 0.481 e. The quantitative estimate of drug-likeness (QED) is 0.919. The van der Waals surface area contributed by atoms with Crippen LogP contribution in [0.15, 0.2) is 12.4 Å². The van der Waals surface area contributed by atoms with E-state index in [4.69, 9.17) is 9.72 Å². The third-order valence-electron chi connectivity index (χ3n) is 4.14. The van der Waals surface area contributed by atoms with Crippen molar-refractivity contribution in [3.8, 4) is 5.88 Å². The van der Waals surface area contributed by atoms with Crippen LogP contribution in [-0.4, -0.2) is 40.0 Å². The van der Waals surface area contributed by atoms with Gasteiger partial charge in [0, 0.05) is 13.1 Å². The first-order chi connectivity index (χ1) is 11.6. The maximum atomic E-state index is 12.6. The van der Waals surface area contributed by atoms with E-state index in [0.717, 1.165) is 36.4 Å². The lowest BCUT2D eigenvalue weighted by molar-refractivity contribution is 0.198. The van der Waals surface area contributed by atoms with Gasteiger partial charge < -0.3 is 9.64 Å². The van der Waals surface area contributed by atoms with Gasteiger partial charge in [-0.25, -0.2) is 19.7 Å². The lowest BCUT2D eigenvalue weighted by Gasteiger charge is -2.30. The van der Waals surface area contributed by atoms with Gasteiger partial charge in [-0.05, 0) is 25.7 Å². The molecule has 0 saturated heterocycles. The van der Waals surface area contributed by atoms with Crippen molar-refractivity contribution in [1.82, 2.24) is 19.9 Å². The molecule has 1 N–H and O–H groups in total. The number of aryl methyl sites for hydroxylation is 2. The van der Waals surface area contributed by atoms with Crippen molar-refractivity contribution in [3.05, 3.63) is 28.0 Å². The smallest absolute Gasteiger partial charge is 0.323 e. The van der Waals surface area contributed by atoms with Gasteiger partial charge in [-0.2, -0.15) is 0 Å². The first-order valence-electron chi connectivity index (χ1n) is 8.00. The van der Waals surface area contributed by atoms with Crippen LogP contribution in [-0.2, 0) is 12.8 Å². The Balaban J connectivity index is 1.75. The molecule has 2 heterocycles. The van der Waals surface area contributed by atoms with Crippen LogP contribution >= 0.6 is 11.3 Å². The average molecular weight is 347 g/mol. The van der Waals surface area contributed by atoms with Crippen LogP contribution in [0.2, 0.25) is 0 Å². The highest BCUT2D eigenvalue weighted by molar-refractivity contribution is 7.11. The van der Waals surface area contributed by atoms with Gasteiger partial charge in [0.05, 0.1) is 28.7 Å². The molecule has 0 spiro atoms. The molecule has 2 aromatic rings. The second kappa shape index (κ2) is 7.12. The second-order valence-electron chi connectivity index (χ2n) is 5.67. The van der Waals surface area contributed by atoms with Gasteiger partial charge in [-0.1, -0.05) is 6.92 Å². The van der Waals surface area contributed by atoms with Gasteiger partial charge in [0.2, 0.25) is 5.88 Å². The number of aromatic nitrogens is 3. The maximum absolute atomic E-state index is 12.6. The zero-order chi connectivity index (χ0) is 17.1. The molecule has 24 heavy (non-hydrogen) atoms. The molecule has 0 aliphatic heterocycles. The Hall–Kier alpha value is -2.22. The van der Waals surface area contributed by atoms with Crippen LogP contribution in [0.1, 0.15) is 41.4 Å². The van der Waals surface area contributed by atoms with Gasteiger partial charge in [0.25, 0.3) is 0 Å². The summed E-state index contributed by atoms with van der Waals surface area (Å²) in [5, 5.41) is 3.95. The third-order valence-corrected chi connectivity index (χ3v) is 5.49. The van der Waals surface area contributed by atoms with Crippen molar-refractivity contribution < 1.29 is 9.53 Å². The molecule has 2 aromatic heterocycles. The highest BCUT2D eigenvalue weighted by Gasteiger charge is 2.30. The van der Waals surface area contributed by atoms with Gasteiger partial charge in [0.1, 0.15) is 12.1 Å². The zero-order valence-electron chi connectivity index (χ0n) is 14.1. The van der Waals surface area contributed by atoms with Crippen molar-refractivity contribution in [3.63, 3.8) is 0 Å². The summed E-state index contributed by atoms with van der Waals surface area (Å²) in [6.07, 6.45) is 5.30. The van der Waals surface area contributed by atoms with Crippen LogP contribution in [0, 0.1) is 0 Å². The fraction of sp³-hybridized carbons (Fsp3) is 0.500. The summed E-state index contributed by atoms with van der Waals surface area (Å²) >= 11 is 1.72. The molecular weight excluding hydrogens is 326 g/mol. The standard InChI is InChI=1S/C16H21N5O2S/c1-4-14-19-10-6-5-7-11(15(10)24-14)21(2)16(22)20-12-8-13(23-3)18-9-17-12/h8-9,11H,4-7H2,1-3H3,(H,17,18,20,22)/t11-/m0/s1. The fourth-order valence-electron chi connectivity index (χ4n) is 2.83. The lowest BCUT2D eigenvalue weighted by atomic mass is 9.97. The molecule has 0 radical (unpaired) electrons. The van der Waals surface area contributed by atoms with E-state index in [9.17, 15) is 4.79 Å². The van der Waals surface area contributed by atoms with Gasteiger partial charge >= 0.3 is 6.03 Å². The number of amides is 2. The summed E-state index contributed by atoms with van der Waals surface area (Å²) in [7, 11) is 3.34. The van der Waals surface area contributed by atoms with E-state index in [2.05, 4.69) is 22.2 Å². The number of carbonyl (C=O) groups excluding carboxylic acids is 1. The second-order valence-corrected chi connectivity index (χ2v) is 6.78. The molecule has 1 aliphatic carbocycles. The summed E-state index contributed by atoms with van der Waals surface area (Å²) in [4.78, 5) is 28.2. The average Bonchev–Trinajstić information content (AvgIpc) is 3.04. The van der Waals surface area contributed by atoms with E-state index in [0.29, 0.717) is 11.7 Å². The number of hydrogen-bond donors (Lipinski definition) is 1. The van der Waals surface area contributed by atoms with E-state index >= 15 is 0 Å². The monoisotopic (exact) mass is 347 g/mol. The van der Waals surface area contributed by atoms with Crippen molar-refractivity contribution in [1.29, 1.82) is 0 Å². The first-order valence-corrected chi connectivity index (χ1v) is 8.82. The van der Waals surface area contributed by atoms with Crippen molar-refractivity contribution in [2.45, 2.75) is 38.6 Å². The number of thiazole rings is 1. The first kappa shape index (κ1) is 16.6. The Bertz CT molecular complexity index is 733. The molecule has 8 heteroatoms. The zero-order valence-corrected chi connectivity index (χ0v) is 14.9. The molecule has 2 amide bonds. The lowest BCUT2D eigenvalue weighted by Crippen LogP contribution is -2.36. The summed E-state index contributed by atoms with van der Waals surface area (Å²) in [5.74, 6) is 0.839. The Morgan fingerprint density at radius 1 is 1.50 bits per heavy atom. The predicted octanol–water partition coefficient (Wildman–Crippen LogP) is 3.05. The topological polar surface area (TPSA) is 80.2 Å². The van der Waals surface area contributed by atoms with Crippen molar-refractivity contribution in [2.75, 3.05) is 19.5 Å². The van der Waals surface area contributed by atoms with Gasteiger partial charge in [-0.3, -0.25) is 5.32 Å². The molecule has 0 fully saturated rings. The molecule has 0 saturated carbocycles. The van der Waals surface area contributed by atoms with Gasteiger partial charge in [-0.15, -0.1) is 11.3 Å². The number of urea groups is 1. The summed E-state index contributed by atoms with van der Waals surface area (Å²) in [6, 6.07) is 1.47. The number of anilines is 1. The minimum absolute atomic E-state index is 0.0651. The van der Waals surface area contributed by atoms with Gasteiger partial charge in [0.15, 0.2) is 0 Å². The van der Waals surface area contributed by atoms with E-state index < -0.39 is 0 Å². The Kier molecular flexibility index (Phi) is 4.94. The molecular formula is C16H21N5O2S. The number of fused-ring (bicyclic) bond motifs is 1. The summed E-state index contributed by atoms with van der Waals surface area (Å²) in [5.41, 5.74) is 1.15. The normalized spacial score (nSPS) is 16.4. The number of rotatable bonds is 4. The van der Waals surface area contributed by atoms with E-state index in [1.807, 2.05) is 7.05 Å². The number of nitrogens with one attached hydrogen (secondary N) is 1. The molecule has 7 nitrogen and oxygen atoms in total. The predicted molar refractivity (Wildman–Crippen MR) is 92.5 cm³/mol. The molecule has 0 bridgehead atoms. The Labute approximate surface area is 145 Å². The number of carbonyl (C=O) groups is 1. The molecule has 1 aliphatic rings. The van der Waals surface area contributed by atoms with Crippen molar-refractivity contribution in [2.24, 2.45) is 0 Å². The van der Waals surface area contributed by atoms with E-state index in [1.54, 1.807) is 22.3 Å². The minimum atomic E-state index is -0.194. The van der Waals surface area contributed by atoms with E-state index in [1.165, 1.54) is 18.3 Å². The molecule has 0 aromatic carbocycles. The Morgan fingerprint density at radius 3 is 3.08 bits per heavy atom.